The van der Waals surface area contributed by atoms with Crippen LogP contribution in [0.4, 0.5) is 5.69 Å². The Hall–Kier alpha value is -4.45. The van der Waals surface area contributed by atoms with Crippen LogP contribution >= 0.6 is 0 Å². The Morgan fingerprint density at radius 2 is 1.62 bits per heavy atom. The van der Waals surface area contributed by atoms with Gasteiger partial charge in [-0.2, -0.15) is 0 Å². The van der Waals surface area contributed by atoms with Gasteiger partial charge in [0.1, 0.15) is 28.9 Å². The highest BCUT2D eigenvalue weighted by molar-refractivity contribution is 6.16. The first-order valence-electron chi connectivity index (χ1n) is 13.6. The Bertz CT molecular complexity index is 1800. The molecule has 1 spiro atoms. The van der Waals surface area contributed by atoms with E-state index >= 15 is 0 Å². The molecule has 0 fully saturated rings. The molecule has 4 aromatic carbocycles. The van der Waals surface area contributed by atoms with Crippen LogP contribution in [0, 0.1) is 0 Å². The number of amides is 1. The maximum atomic E-state index is 14.6. The molecule has 0 N–H and O–H groups in total. The second kappa shape index (κ2) is 8.27. The van der Waals surface area contributed by atoms with Crippen molar-refractivity contribution < 1.29 is 23.4 Å². The lowest BCUT2D eigenvalue weighted by atomic mass is 9.74. The standard InChI is InChI=1S/C33H27NO5/c1-2-3-6-15-34-25-13-8-10-21(23-12-7-11-22-20-9-4-5-14-26(20)39-31(22)23)30(25)33(32(34)35)18-36-27-17-29-28(16-24(27)33)37-19-38-29/h4-5,7-14,16-17H,2-3,6,15,18-19H2,1H3. The number of benzene rings is 4. The van der Waals surface area contributed by atoms with Gasteiger partial charge in [-0.25, -0.2) is 0 Å². The van der Waals surface area contributed by atoms with E-state index in [4.69, 9.17) is 18.6 Å². The van der Waals surface area contributed by atoms with E-state index in [-0.39, 0.29) is 19.3 Å². The molecule has 1 amide bonds. The summed E-state index contributed by atoms with van der Waals surface area (Å²) in [7, 11) is 0. The van der Waals surface area contributed by atoms with Crippen LogP contribution in [0.15, 0.2) is 77.2 Å². The minimum Gasteiger partial charge on any atom is -0.491 e. The zero-order valence-electron chi connectivity index (χ0n) is 21.7. The first-order chi connectivity index (χ1) is 19.2. The summed E-state index contributed by atoms with van der Waals surface area (Å²) >= 11 is 0. The molecule has 1 aromatic heterocycles. The van der Waals surface area contributed by atoms with Crippen molar-refractivity contribution in [1.82, 2.24) is 0 Å². The Kier molecular flexibility index (Phi) is 4.78. The number of carbonyl (C=O) groups excluding carboxylic acids is 1. The molecular weight excluding hydrogens is 490 g/mol. The zero-order valence-corrected chi connectivity index (χ0v) is 21.7. The lowest BCUT2D eigenvalue weighted by Gasteiger charge is -2.24. The van der Waals surface area contributed by atoms with Gasteiger partial charge in [0.15, 0.2) is 11.5 Å². The van der Waals surface area contributed by atoms with Gasteiger partial charge >= 0.3 is 0 Å². The highest BCUT2D eigenvalue weighted by atomic mass is 16.7. The van der Waals surface area contributed by atoms with E-state index in [9.17, 15) is 4.79 Å². The van der Waals surface area contributed by atoms with Gasteiger partial charge in [-0.05, 0) is 30.2 Å². The highest BCUT2D eigenvalue weighted by Crippen LogP contribution is 2.58. The number of hydrogen-bond acceptors (Lipinski definition) is 5. The smallest absolute Gasteiger partial charge is 0.245 e. The van der Waals surface area contributed by atoms with Crippen LogP contribution in [0.5, 0.6) is 17.2 Å². The minimum atomic E-state index is -0.983. The predicted molar refractivity (Wildman–Crippen MR) is 150 cm³/mol. The molecule has 4 heterocycles. The third-order valence-electron chi connectivity index (χ3n) is 8.43. The molecule has 0 saturated carbocycles. The highest BCUT2D eigenvalue weighted by Gasteiger charge is 2.58. The Morgan fingerprint density at radius 1 is 0.821 bits per heavy atom. The van der Waals surface area contributed by atoms with Crippen molar-refractivity contribution in [1.29, 1.82) is 0 Å². The molecule has 0 aliphatic carbocycles. The van der Waals surface area contributed by atoms with Crippen molar-refractivity contribution in [3.8, 4) is 28.4 Å². The van der Waals surface area contributed by atoms with Gasteiger partial charge in [0, 0.05) is 45.8 Å². The third kappa shape index (κ3) is 3.00. The third-order valence-corrected chi connectivity index (χ3v) is 8.43. The average molecular weight is 518 g/mol. The van der Waals surface area contributed by atoms with Crippen LogP contribution in [-0.2, 0) is 10.2 Å². The van der Waals surface area contributed by atoms with E-state index in [1.165, 1.54) is 0 Å². The van der Waals surface area contributed by atoms with E-state index in [1.54, 1.807) is 0 Å². The van der Waals surface area contributed by atoms with Crippen molar-refractivity contribution >= 4 is 33.5 Å². The van der Waals surface area contributed by atoms with Gasteiger partial charge in [-0.1, -0.05) is 68.3 Å². The second-order valence-corrected chi connectivity index (χ2v) is 10.5. The fraction of sp³-hybridized carbons (Fsp3) is 0.242. The summed E-state index contributed by atoms with van der Waals surface area (Å²) in [6, 6.07) is 24.4. The number of anilines is 1. The molecule has 3 aliphatic rings. The quantitative estimate of drug-likeness (QED) is 0.231. The molecule has 6 heteroatoms. The van der Waals surface area contributed by atoms with Crippen LogP contribution in [-0.4, -0.2) is 25.9 Å². The summed E-state index contributed by atoms with van der Waals surface area (Å²) in [5.41, 5.74) is 5.39. The monoisotopic (exact) mass is 517 g/mol. The summed E-state index contributed by atoms with van der Waals surface area (Å²) in [6.45, 7) is 3.24. The molecule has 5 aromatic rings. The van der Waals surface area contributed by atoms with Crippen LogP contribution in [0.25, 0.3) is 33.1 Å². The Morgan fingerprint density at radius 3 is 2.51 bits per heavy atom. The fourth-order valence-electron chi connectivity index (χ4n) is 6.61. The lowest BCUT2D eigenvalue weighted by molar-refractivity contribution is -0.122. The molecule has 194 valence electrons. The maximum Gasteiger partial charge on any atom is 0.245 e. The number of hydrogen-bond donors (Lipinski definition) is 0. The van der Waals surface area contributed by atoms with E-state index in [2.05, 4.69) is 43.3 Å². The van der Waals surface area contributed by atoms with Crippen molar-refractivity contribution in [2.75, 3.05) is 24.8 Å². The minimum absolute atomic E-state index is 0.0513. The summed E-state index contributed by atoms with van der Waals surface area (Å²) < 4.78 is 24.1. The van der Waals surface area contributed by atoms with Crippen molar-refractivity contribution in [2.24, 2.45) is 0 Å². The maximum absolute atomic E-state index is 14.6. The molecule has 0 bridgehead atoms. The molecule has 6 nitrogen and oxygen atoms in total. The SMILES string of the molecule is CCCCCN1C(=O)C2(COc3cc4c(cc32)OCO4)c2c(-c3cccc4c3oc3ccccc34)cccc21. The topological polar surface area (TPSA) is 61.1 Å². The number of carbonyl (C=O) groups is 1. The molecule has 8 rings (SSSR count). The van der Waals surface area contributed by atoms with E-state index in [0.717, 1.165) is 69.1 Å². The van der Waals surface area contributed by atoms with Gasteiger partial charge in [-0.3, -0.25) is 4.79 Å². The molecule has 0 radical (unpaired) electrons. The number of furan rings is 1. The predicted octanol–water partition coefficient (Wildman–Crippen LogP) is 7.20. The molecular formula is C33H27NO5. The molecule has 0 saturated heterocycles. The molecule has 1 unspecified atom stereocenters. The Balaban J connectivity index is 1.40. The van der Waals surface area contributed by atoms with Gasteiger partial charge < -0.3 is 23.5 Å². The van der Waals surface area contributed by atoms with Crippen LogP contribution in [0.2, 0.25) is 0 Å². The molecule has 3 aliphatic heterocycles. The first kappa shape index (κ1) is 22.5. The molecule has 39 heavy (non-hydrogen) atoms. The molecule has 1 atom stereocenters. The van der Waals surface area contributed by atoms with Gasteiger partial charge in [0.05, 0.1) is 0 Å². The van der Waals surface area contributed by atoms with Gasteiger partial charge in [0.25, 0.3) is 0 Å². The number of fused-ring (bicyclic) bond motifs is 8. The largest absolute Gasteiger partial charge is 0.491 e. The summed E-state index contributed by atoms with van der Waals surface area (Å²) in [5, 5.41) is 2.14. The number of unbranched alkanes of at least 4 members (excludes halogenated alkanes) is 2. The van der Waals surface area contributed by atoms with Crippen LogP contribution in [0.1, 0.15) is 37.3 Å². The zero-order chi connectivity index (χ0) is 26.1. The number of rotatable bonds is 5. The summed E-state index contributed by atoms with van der Waals surface area (Å²) in [4.78, 5) is 16.6. The van der Waals surface area contributed by atoms with Gasteiger partial charge in [0.2, 0.25) is 12.7 Å². The van der Waals surface area contributed by atoms with Gasteiger partial charge in [-0.15, -0.1) is 0 Å². The normalized spacial score (nSPS) is 18.8. The van der Waals surface area contributed by atoms with Crippen molar-refractivity contribution in [3.63, 3.8) is 0 Å². The lowest BCUT2D eigenvalue weighted by Crippen LogP contribution is -2.43. The second-order valence-electron chi connectivity index (χ2n) is 10.5. The number of nitrogens with zero attached hydrogens (tertiary/aromatic N) is 1. The van der Waals surface area contributed by atoms with Crippen molar-refractivity contribution in [2.45, 2.75) is 31.6 Å². The average Bonchev–Trinajstić information content (AvgIpc) is 3.72. The van der Waals surface area contributed by atoms with E-state index < -0.39 is 5.41 Å². The number of para-hydroxylation sites is 2. The van der Waals surface area contributed by atoms with Crippen LogP contribution < -0.4 is 19.1 Å². The summed E-state index contributed by atoms with van der Waals surface area (Å²) in [5.74, 6) is 2.02. The van der Waals surface area contributed by atoms with E-state index in [0.29, 0.717) is 23.8 Å². The number of ether oxygens (including phenoxy) is 3. The Labute approximate surface area is 225 Å². The summed E-state index contributed by atoms with van der Waals surface area (Å²) in [6.07, 6.45) is 3.09. The van der Waals surface area contributed by atoms with E-state index in [1.807, 2.05) is 41.3 Å². The van der Waals surface area contributed by atoms with Crippen molar-refractivity contribution in [3.05, 3.63) is 83.9 Å². The fourth-order valence-corrected chi connectivity index (χ4v) is 6.61. The first-order valence-corrected chi connectivity index (χ1v) is 13.6. The van der Waals surface area contributed by atoms with Crippen LogP contribution in [0.3, 0.4) is 0 Å².